The zero-order valence-corrected chi connectivity index (χ0v) is 6.14. The van der Waals surface area contributed by atoms with Crippen LogP contribution in [0.5, 0.6) is 0 Å². The van der Waals surface area contributed by atoms with Gasteiger partial charge in [-0.15, -0.1) is 0 Å². The van der Waals surface area contributed by atoms with Crippen molar-refractivity contribution in [2.24, 2.45) is 0 Å². The number of hydrogen-bond donors (Lipinski definition) is 0. The Hall–Kier alpha value is -0.0800. The predicted octanol–water partition coefficient (Wildman–Crippen LogP) is 1.51. The van der Waals surface area contributed by atoms with E-state index in [1.54, 1.807) is 0 Å². The first kappa shape index (κ1) is 6.62. The Labute approximate surface area is 61.5 Å². The van der Waals surface area contributed by atoms with E-state index in [9.17, 15) is 0 Å². The Bertz CT molecular complexity index is 108. The molecule has 0 amide bonds. The summed E-state index contributed by atoms with van der Waals surface area (Å²) in [6.07, 6.45) is 6.81. The van der Waals surface area contributed by atoms with Gasteiger partial charge in [0.1, 0.15) is 0 Å². The van der Waals surface area contributed by atoms with Gasteiger partial charge in [-0.05, 0) is 19.3 Å². The van der Waals surface area contributed by atoms with Gasteiger partial charge in [0, 0.05) is 12.8 Å². The average Bonchev–Trinajstić information content (AvgIpc) is 2.39. The van der Waals surface area contributed by atoms with E-state index >= 15 is 0 Å². The van der Waals surface area contributed by atoms with Crippen molar-refractivity contribution in [3.63, 3.8) is 0 Å². The summed E-state index contributed by atoms with van der Waals surface area (Å²) in [5.41, 5.74) is 0. The van der Waals surface area contributed by atoms with Gasteiger partial charge >= 0.3 is 0 Å². The highest BCUT2D eigenvalue weighted by atomic mass is 16.7. The summed E-state index contributed by atoms with van der Waals surface area (Å²) in [5, 5.41) is 0. The Morgan fingerprint density at radius 3 is 2.60 bits per heavy atom. The molecule has 1 saturated carbocycles. The molecule has 0 atom stereocenters. The lowest BCUT2D eigenvalue weighted by Crippen LogP contribution is -2.32. The van der Waals surface area contributed by atoms with Crippen LogP contribution in [-0.2, 0) is 9.47 Å². The van der Waals surface area contributed by atoms with Crippen molar-refractivity contribution in [2.45, 2.75) is 31.5 Å². The second-order valence-electron chi connectivity index (χ2n) is 2.99. The molecule has 1 radical (unpaired) electrons. The molecule has 2 nitrogen and oxygen atoms in total. The van der Waals surface area contributed by atoms with Crippen LogP contribution in [0.15, 0.2) is 0 Å². The lowest BCUT2D eigenvalue weighted by atomic mass is 9.94. The SMILES string of the molecule is [CH]1CCCC2(C1)OCCO2. The van der Waals surface area contributed by atoms with E-state index in [2.05, 4.69) is 6.42 Å². The Kier molecular flexibility index (Phi) is 1.66. The van der Waals surface area contributed by atoms with E-state index < -0.39 is 0 Å². The molecule has 2 fully saturated rings. The quantitative estimate of drug-likeness (QED) is 0.509. The van der Waals surface area contributed by atoms with Crippen LogP contribution in [0, 0.1) is 6.42 Å². The van der Waals surface area contributed by atoms with Crippen molar-refractivity contribution in [2.75, 3.05) is 13.2 Å². The lowest BCUT2D eigenvalue weighted by Gasteiger charge is -2.30. The first-order valence-electron chi connectivity index (χ1n) is 4.01. The normalized spacial score (nSPS) is 31.2. The molecule has 1 spiro atoms. The second-order valence-corrected chi connectivity index (χ2v) is 2.99. The monoisotopic (exact) mass is 141 g/mol. The molecule has 10 heavy (non-hydrogen) atoms. The van der Waals surface area contributed by atoms with Crippen molar-refractivity contribution in [3.8, 4) is 0 Å². The maximum absolute atomic E-state index is 5.53. The van der Waals surface area contributed by atoms with E-state index in [0.29, 0.717) is 0 Å². The van der Waals surface area contributed by atoms with Crippen LogP contribution in [0.4, 0.5) is 0 Å². The van der Waals surface area contributed by atoms with Gasteiger partial charge in [-0.2, -0.15) is 0 Å². The van der Waals surface area contributed by atoms with E-state index in [4.69, 9.17) is 9.47 Å². The number of hydrogen-bond acceptors (Lipinski definition) is 2. The molecule has 0 aromatic rings. The highest BCUT2D eigenvalue weighted by Crippen LogP contribution is 2.34. The van der Waals surface area contributed by atoms with Crippen LogP contribution in [0.2, 0.25) is 0 Å². The predicted molar refractivity (Wildman–Crippen MR) is 37.4 cm³/mol. The van der Waals surface area contributed by atoms with Crippen LogP contribution < -0.4 is 0 Å². The molecule has 2 rings (SSSR count). The first-order valence-corrected chi connectivity index (χ1v) is 4.01. The van der Waals surface area contributed by atoms with Gasteiger partial charge in [0.05, 0.1) is 13.2 Å². The van der Waals surface area contributed by atoms with Crippen LogP contribution in [-0.4, -0.2) is 19.0 Å². The summed E-state index contributed by atoms with van der Waals surface area (Å²) < 4.78 is 11.1. The summed E-state index contributed by atoms with van der Waals surface area (Å²) in [6, 6.07) is 0. The van der Waals surface area contributed by atoms with Gasteiger partial charge in [0.15, 0.2) is 5.79 Å². The van der Waals surface area contributed by atoms with Crippen molar-refractivity contribution in [1.82, 2.24) is 0 Å². The zero-order chi connectivity index (χ0) is 6.86. The third kappa shape index (κ3) is 1.06. The molecule has 2 aliphatic rings. The van der Waals surface area contributed by atoms with E-state index in [1.165, 1.54) is 12.8 Å². The Morgan fingerprint density at radius 1 is 1.20 bits per heavy atom. The van der Waals surface area contributed by atoms with Crippen LogP contribution in [0.1, 0.15) is 25.7 Å². The maximum Gasteiger partial charge on any atom is 0.168 e. The standard InChI is InChI=1S/C8H13O2/c1-2-4-8(5-3-1)9-6-7-10-8/h2H,1,3-7H2. The molecule has 1 aliphatic carbocycles. The van der Waals surface area contributed by atoms with E-state index in [-0.39, 0.29) is 5.79 Å². The topological polar surface area (TPSA) is 18.5 Å². The molecule has 0 N–H and O–H groups in total. The van der Waals surface area contributed by atoms with Crippen LogP contribution in [0.25, 0.3) is 0 Å². The van der Waals surface area contributed by atoms with E-state index in [1.807, 2.05) is 0 Å². The van der Waals surface area contributed by atoms with Crippen LogP contribution >= 0.6 is 0 Å². The second kappa shape index (κ2) is 2.51. The minimum absolute atomic E-state index is 0.182. The fraction of sp³-hybridized carbons (Fsp3) is 0.875. The van der Waals surface area contributed by atoms with Gasteiger partial charge in [0.25, 0.3) is 0 Å². The molecule has 1 saturated heterocycles. The molecule has 0 unspecified atom stereocenters. The molecule has 0 aromatic carbocycles. The minimum atomic E-state index is -0.182. The molecule has 1 heterocycles. The van der Waals surface area contributed by atoms with Crippen LogP contribution in [0.3, 0.4) is 0 Å². The number of rotatable bonds is 0. The average molecular weight is 141 g/mol. The smallest absolute Gasteiger partial charge is 0.168 e. The molecule has 2 heteroatoms. The summed E-state index contributed by atoms with van der Waals surface area (Å²) in [5.74, 6) is -0.182. The summed E-state index contributed by atoms with van der Waals surface area (Å²) in [7, 11) is 0. The largest absolute Gasteiger partial charge is 0.348 e. The van der Waals surface area contributed by atoms with Crippen molar-refractivity contribution >= 4 is 0 Å². The summed E-state index contributed by atoms with van der Waals surface area (Å²) in [6.45, 7) is 1.57. The van der Waals surface area contributed by atoms with Gasteiger partial charge in [-0.3, -0.25) is 0 Å². The molecular weight excluding hydrogens is 128 g/mol. The third-order valence-electron chi connectivity index (χ3n) is 2.23. The lowest BCUT2D eigenvalue weighted by molar-refractivity contribution is -0.168. The fourth-order valence-corrected chi connectivity index (χ4v) is 1.70. The minimum Gasteiger partial charge on any atom is -0.348 e. The molecule has 0 aromatic heterocycles. The van der Waals surface area contributed by atoms with Gasteiger partial charge in [-0.25, -0.2) is 0 Å². The molecule has 57 valence electrons. The zero-order valence-electron chi connectivity index (χ0n) is 6.14. The highest BCUT2D eigenvalue weighted by molar-refractivity contribution is 4.86. The molecular formula is C8H13O2. The Balaban J connectivity index is 1.98. The van der Waals surface area contributed by atoms with Gasteiger partial charge in [-0.1, -0.05) is 0 Å². The summed E-state index contributed by atoms with van der Waals surface area (Å²) in [4.78, 5) is 0. The Morgan fingerprint density at radius 2 is 2.00 bits per heavy atom. The fourth-order valence-electron chi connectivity index (χ4n) is 1.70. The summed E-state index contributed by atoms with van der Waals surface area (Å²) >= 11 is 0. The van der Waals surface area contributed by atoms with Crippen molar-refractivity contribution in [3.05, 3.63) is 6.42 Å². The van der Waals surface area contributed by atoms with Gasteiger partial charge in [0.2, 0.25) is 0 Å². The van der Waals surface area contributed by atoms with Crippen molar-refractivity contribution in [1.29, 1.82) is 0 Å². The third-order valence-corrected chi connectivity index (χ3v) is 2.23. The maximum atomic E-state index is 5.53. The van der Waals surface area contributed by atoms with E-state index in [0.717, 1.165) is 26.1 Å². The molecule has 1 aliphatic heterocycles. The molecule has 0 bridgehead atoms. The van der Waals surface area contributed by atoms with Gasteiger partial charge < -0.3 is 9.47 Å². The highest BCUT2D eigenvalue weighted by Gasteiger charge is 2.37. The number of ether oxygens (including phenoxy) is 2. The van der Waals surface area contributed by atoms with Crippen molar-refractivity contribution < 1.29 is 9.47 Å². The first-order chi connectivity index (χ1) is 4.91.